The quantitative estimate of drug-likeness (QED) is 0.848. The van der Waals surface area contributed by atoms with E-state index in [0.717, 1.165) is 36.5 Å². The Morgan fingerprint density at radius 1 is 1.26 bits per heavy atom. The lowest BCUT2D eigenvalue weighted by Crippen LogP contribution is -2.19. The van der Waals surface area contributed by atoms with Crippen LogP contribution < -0.4 is 9.47 Å². The highest BCUT2D eigenvalue weighted by molar-refractivity contribution is 5.80. The molecular weight excluding hydrogens is 242 g/mol. The molecule has 0 spiro atoms. The number of nitrogens with zero attached hydrogens (tertiary/aromatic N) is 1. The van der Waals surface area contributed by atoms with Gasteiger partial charge in [-0.2, -0.15) is 0 Å². The fourth-order valence-corrected chi connectivity index (χ4v) is 2.21. The van der Waals surface area contributed by atoms with Crippen molar-refractivity contribution in [1.29, 1.82) is 0 Å². The maximum Gasteiger partial charge on any atom is 0.268 e. The molecule has 0 atom stereocenters. The minimum Gasteiger partial charge on any atom is -0.493 e. The van der Waals surface area contributed by atoms with Crippen LogP contribution in [0.25, 0.3) is 0 Å². The number of aromatic nitrogens is 1. The van der Waals surface area contributed by atoms with Crippen LogP contribution in [-0.4, -0.2) is 23.7 Å². The second kappa shape index (κ2) is 5.18. The van der Waals surface area contributed by atoms with Crippen molar-refractivity contribution in [3.8, 4) is 11.5 Å². The summed E-state index contributed by atoms with van der Waals surface area (Å²) in [6.45, 7) is 0.782. The summed E-state index contributed by atoms with van der Waals surface area (Å²) in [6.07, 6.45) is 5.35. The molecule has 4 heteroatoms. The fourth-order valence-electron chi connectivity index (χ4n) is 2.21. The van der Waals surface area contributed by atoms with Crippen molar-refractivity contribution in [3.63, 3.8) is 0 Å². The molecule has 0 radical (unpaired) electrons. The van der Waals surface area contributed by atoms with Gasteiger partial charge in [-0.05, 0) is 37.1 Å². The molecule has 3 rings (SSSR count). The summed E-state index contributed by atoms with van der Waals surface area (Å²) in [6, 6.07) is 9.34. The van der Waals surface area contributed by atoms with E-state index in [1.54, 1.807) is 12.4 Å². The summed E-state index contributed by atoms with van der Waals surface area (Å²) < 4.78 is 12.7. The lowest BCUT2D eigenvalue weighted by Gasteiger charge is -2.20. The molecule has 1 aliphatic rings. The molecule has 0 saturated carbocycles. The topological polar surface area (TPSA) is 40.5 Å². The van der Waals surface area contributed by atoms with Crippen LogP contribution in [0.3, 0.4) is 0 Å². The van der Waals surface area contributed by atoms with Crippen LogP contribution in [0.1, 0.15) is 16.8 Å². The predicted molar refractivity (Wildman–Crippen MR) is 70.8 cm³/mol. The van der Waals surface area contributed by atoms with Gasteiger partial charge in [-0.25, -0.2) is 0 Å². The number of rotatable bonds is 3. The van der Waals surface area contributed by atoms with Crippen molar-refractivity contribution >= 4 is 5.91 Å². The summed E-state index contributed by atoms with van der Waals surface area (Å²) in [4.78, 5) is 11.9. The van der Waals surface area contributed by atoms with E-state index in [4.69, 9.17) is 9.47 Å². The van der Waals surface area contributed by atoms with Crippen LogP contribution >= 0.6 is 0 Å². The van der Waals surface area contributed by atoms with Crippen LogP contribution in [0.15, 0.2) is 42.7 Å². The lowest BCUT2D eigenvalue weighted by atomic mass is 10.1. The molecule has 4 nitrogen and oxygen atoms in total. The molecule has 2 aromatic rings. The summed E-state index contributed by atoms with van der Waals surface area (Å²) in [5.74, 6) is 1.54. The zero-order valence-corrected chi connectivity index (χ0v) is 10.5. The number of ether oxygens (including phenoxy) is 2. The molecule has 0 N–H and O–H groups in total. The van der Waals surface area contributed by atoms with Crippen molar-refractivity contribution in [2.75, 3.05) is 13.2 Å². The first-order chi connectivity index (χ1) is 9.34. The molecule has 0 saturated heterocycles. The van der Waals surface area contributed by atoms with Crippen molar-refractivity contribution in [2.45, 2.75) is 12.8 Å². The minimum atomic E-state index is -0.0840. The van der Waals surface area contributed by atoms with Crippen molar-refractivity contribution in [1.82, 2.24) is 4.57 Å². The maximum atomic E-state index is 11.9. The van der Waals surface area contributed by atoms with Gasteiger partial charge in [0.1, 0.15) is 11.5 Å². The summed E-state index contributed by atoms with van der Waals surface area (Å²) >= 11 is 0. The summed E-state index contributed by atoms with van der Waals surface area (Å²) in [7, 11) is 0. The Hall–Kier alpha value is -2.23. The zero-order valence-electron chi connectivity index (χ0n) is 10.5. The van der Waals surface area contributed by atoms with Gasteiger partial charge in [0.2, 0.25) is 0 Å². The number of carbonyl (C=O) groups excluding carboxylic acids is 1. The first-order valence-electron chi connectivity index (χ1n) is 6.38. The molecule has 2 heterocycles. The third kappa shape index (κ3) is 2.47. The molecule has 19 heavy (non-hydrogen) atoms. The van der Waals surface area contributed by atoms with Crippen LogP contribution in [0.4, 0.5) is 0 Å². The molecule has 0 aliphatic carbocycles. The number of fused-ring (bicyclic) bond motifs is 1. The second-order valence-corrected chi connectivity index (χ2v) is 4.46. The van der Waals surface area contributed by atoms with Gasteiger partial charge < -0.3 is 9.47 Å². The average molecular weight is 257 g/mol. The number of carbonyl (C=O) groups is 1. The van der Waals surface area contributed by atoms with Gasteiger partial charge in [0, 0.05) is 18.0 Å². The normalized spacial score (nSPS) is 13.5. The van der Waals surface area contributed by atoms with E-state index in [0.29, 0.717) is 0 Å². The van der Waals surface area contributed by atoms with Crippen LogP contribution in [0.2, 0.25) is 0 Å². The first-order valence-corrected chi connectivity index (χ1v) is 6.38. The van der Waals surface area contributed by atoms with Crippen molar-refractivity contribution in [2.24, 2.45) is 0 Å². The molecule has 0 amide bonds. The predicted octanol–water partition coefficient (Wildman–Crippen LogP) is 2.53. The highest BCUT2D eigenvalue weighted by atomic mass is 16.5. The monoisotopic (exact) mass is 257 g/mol. The maximum absolute atomic E-state index is 11.9. The van der Waals surface area contributed by atoms with Gasteiger partial charge in [-0.15, -0.1) is 0 Å². The van der Waals surface area contributed by atoms with E-state index in [9.17, 15) is 4.79 Å². The van der Waals surface area contributed by atoms with Crippen LogP contribution in [-0.2, 0) is 6.42 Å². The Balaban J connectivity index is 1.72. The van der Waals surface area contributed by atoms with Gasteiger partial charge >= 0.3 is 0 Å². The Kier molecular flexibility index (Phi) is 3.23. The minimum absolute atomic E-state index is 0.0329. The molecule has 98 valence electrons. The molecule has 1 aliphatic heterocycles. The lowest BCUT2D eigenvalue weighted by molar-refractivity contribution is 0.0836. The smallest absolute Gasteiger partial charge is 0.268 e. The highest BCUT2D eigenvalue weighted by Gasteiger charge is 2.15. The largest absolute Gasteiger partial charge is 0.493 e. The van der Waals surface area contributed by atoms with Crippen molar-refractivity contribution in [3.05, 3.63) is 48.3 Å². The fraction of sp³-hybridized carbons (Fsp3) is 0.267. The Morgan fingerprint density at radius 3 is 2.95 bits per heavy atom. The molecule has 0 bridgehead atoms. The number of hydrogen-bond donors (Lipinski definition) is 0. The third-order valence-corrected chi connectivity index (χ3v) is 3.16. The SMILES string of the molecule is O=C(COc1cccc2c1CCCO2)n1cccc1. The van der Waals surface area contributed by atoms with E-state index in [1.165, 1.54) is 4.57 Å². The van der Waals surface area contributed by atoms with Crippen LogP contribution in [0.5, 0.6) is 11.5 Å². The summed E-state index contributed by atoms with van der Waals surface area (Å²) in [5, 5.41) is 0. The molecular formula is C15H15NO3. The van der Waals surface area contributed by atoms with Gasteiger partial charge in [0.15, 0.2) is 6.61 Å². The first kappa shape index (κ1) is 11.8. The molecule has 1 aromatic carbocycles. The van der Waals surface area contributed by atoms with E-state index >= 15 is 0 Å². The molecule has 0 unspecified atom stereocenters. The standard InChI is InChI=1S/C15H15NO3/c17-15(16-8-1-2-9-16)11-19-14-7-3-6-13-12(14)5-4-10-18-13/h1-3,6-9H,4-5,10-11H2. The van der Waals surface area contributed by atoms with Crippen LogP contribution in [0, 0.1) is 0 Å². The number of benzene rings is 1. The van der Waals surface area contributed by atoms with Crippen molar-refractivity contribution < 1.29 is 14.3 Å². The van der Waals surface area contributed by atoms with Gasteiger partial charge in [-0.3, -0.25) is 9.36 Å². The average Bonchev–Trinajstić information content (AvgIpc) is 2.99. The Morgan fingerprint density at radius 2 is 2.11 bits per heavy atom. The second-order valence-electron chi connectivity index (χ2n) is 4.46. The van der Waals surface area contributed by atoms with E-state index < -0.39 is 0 Å². The van der Waals surface area contributed by atoms with Gasteiger partial charge in [0.25, 0.3) is 5.91 Å². The molecule has 1 aromatic heterocycles. The van der Waals surface area contributed by atoms with E-state index in [1.807, 2.05) is 30.3 Å². The third-order valence-electron chi connectivity index (χ3n) is 3.16. The van der Waals surface area contributed by atoms with E-state index in [2.05, 4.69) is 0 Å². The Bertz CT molecular complexity index is 575. The van der Waals surface area contributed by atoms with E-state index in [-0.39, 0.29) is 12.5 Å². The highest BCUT2D eigenvalue weighted by Crippen LogP contribution is 2.32. The number of hydrogen-bond acceptors (Lipinski definition) is 3. The zero-order chi connectivity index (χ0) is 13.1. The Labute approximate surface area is 111 Å². The van der Waals surface area contributed by atoms with Gasteiger partial charge in [-0.1, -0.05) is 6.07 Å². The summed E-state index contributed by atoms with van der Waals surface area (Å²) in [5.41, 5.74) is 1.06. The molecule has 0 fully saturated rings. The van der Waals surface area contributed by atoms with Gasteiger partial charge in [0.05, 0.1) is 6.61 Å².